The van der Waals surface area contributed by atoms with E-state index in [1.54, 1.807) is 17.3 Å². The Morgan fingerprint density at radius 2 is 2.12 bits per heavy atom. The Morgan fingerprint density at radius 3 is 2.83 bits per heavy atom. The Kier molecular flexibility index (Phi) is 7.03. The molecule has 0 radical (unpaired) electrons. The number of hydrogen-bond acceptors (Lipinski definition) is 3. The summed E-state index contributed by atoms with van der Waals surface area (Å²) >= 11 is 0. The Bertz CT molecular complexity index is 535. The lowest BCUT2D eigenvalue weighted by molar-refractivity contribution is -0.126. The van der Waals surface area contributed by atoms with Gasteiger partial charge < -0.3 is 15.5 Å². The minimum Gasteiger partial charge on any atom is -0.353 e. The summed E-state index contributed by atoms with van der Waals surface area (Å²) in [4.78, 5) is 30.4. The Hall–Kier alpha value is -2.11. The second kappa shape index (κ2) is 9.25. The van der Waals surface area contributed by atoms with Crippen LogP contribution in [0.15, 0.2) is 24.5 Å². The summed E-state index contributed by atoms with van der Waals surface area (Å²) in [5.74, 6) is -0.0349. The van der Waals surface area contributed by atoms with Crippen LogP contribution in [0, 0.1) is 5.92 Å². The van der Waals surface area contributed by atoms with Crippen molar-refractivity contribution in [3.8, 4) is 0 Å². The first kappa shape index (κ1) is 18.2. The summed E-state index contributed by atoms with van der Waals surface area (Å²) in [6.07, 6.45) is 7.16. The molecule has 6 nitrogen and oxygen atoms in total. The number of urea groups is 1. The number of hydrogen-bond donors (Lipinski definition) is 2. The van der Waals surface area contributed by atoms with Crippen LogP contribution in [0.25, 0.3) is 0 Å². The van der Waals surface area contributed by atoms with Crippen molar-refractivity contribution in [2.24, 2.45) is 5.92 Å². The maximum Gasteiger partial charge on any atom is 0.317 e. The van der Waals surface area contributed by atoms with E-state index in [1.807, 2.05) is 19.1 Å². The highest BCUT2D eigenvalue weighted by Crippen LogP contribution is 2.17. The third-order valence-corrected chi connectivity index (χ3v) is 4.38. The molecule has 0 aliphatic carbocycles. The molecule has 2 heterocycles. The van der Waals surface area contributed by atoms with Crippen molar-refractivity contribution >= 4 is 11.9 Å². The van der Waals surface area contributed by atoms with Crippen LogP contribution in [-0.2, 0) is 11.3 Å². The summed E-state index contributed by atoms with van der Waals surface area (Å²) < 4.78 is 0. The molecule has 1 aromatic rings. The van der Waals surface area contributed by atoms with Gasteiger partial charge >= 0.3 is 6.03 Å². The molecule has 132 valence electrons. The second-order valence-electron chi connectivity index (χ2n) is 6.50. The van der Waals surface area contributed by atoms with E-state index in [9.17, 15) is 9.59 Å². The first-order chi connectivity index (χ1) is 11.6. The third-order valence-electron chi connectivity index (χ3n) is 4.38. The smallest absolute Gasteiger partial charge is 0.317 e. The molecule has 1 aliphatic heterocycles. The lowest BCUT2D eigenvalue weighted by Crippen LogP contribution is -2.49. The summed E-state index contributed by atoms with van der Waals surface area (Å²) in [5.41, 5.74) is 1.01. The van der Waals surface area contributed by atoms with Gasteiger partial charge in [0.1, 0.15) is 0 Å². The molecular formula is C18H28N4O2. The van der Waals surface area contributed by atoms with Gasteiger partial charge in [0.2, 0.25) is 5.91 Å². The molecule has 0 saturated carbocycles. The van der Waals surface area contributed by atoms with Crippen LogP contribution in [-0.4, -0.2) is 41.0 Å². The van der Waals surface area contributed by atoms with E-state index >= 15 is 0 Å². The van der Waals surface area contributed by atoms with Gasteiger partial charge in [0.05, 0.1) is 5.92 Å². The minimum absolute atomic E-state index is 0.0718. The molecule has 1 fully saturated rings. The van der Waals surface area contributed by atoms with Gasteiger partial charge in [-0.15, -0.1) is 0 Å². The molecule has 1 aromatic heterocycles. The molecule has 0 bridgehead atoms. The van der Waals surface area contributed by atoms with Gasteiger partial charge in [0.15, 0.2) is 0 Å². The number of carbonyl (C=O) groups excluding carboxylic acids is 2. The molecule has 0 aromatic carbocycles. The molecule has 2 unspecified atom stereocenters. The topological polar surface area (TPSA) is 74.3 Å². The van der Waals surface area contributed by atoms with Crippen LogP contribution in [0.1, 0.15) is 45.1 Å². The monoisotopic (exact) mass is 332 g/mol. The maximum atomic E-state index is 12.4. The molecule has 0 spiro atoms. The van der Waals surface area contributed by atoms with Gasteiger partial charge in [-0.25, -0.2) is 4.79 Å². The van der Waals surface area contributed by atoms with Gasteiger partial charge in [0.25, 0.3) is 0 Å². The summed E-state index contributed by atoms with van der Waals surface area (Å²) in [6, 6.07) is 3.84. The molecule has 1 saturated heterocycles. The van der Waals surface area contributed by atoms with Gasteiger partial charge in [-0.05, 0) is 43.9 Å². The van der Waals surface area contributed by atoms with Crippen molar-refractivity contribution in [3.05, 3.63) is 30.1 Å². The number of piperidine rings is 1. The van der Waals surface area contributed by atoms with Crippen molar-refractivity contribution in [3.63, 3.8) is 0 Å². The van der Waals surface area contributed by atoms with E-state index in [0.29, 0.717) is 19.6 Å². The number of carbonyl (C=O) groups is 2. The number of aromatic nitrogens is 1. The standard InChI is InChI=1S/C18H28N4O2/c1-3-5-14(2)21-17(23)16-6-4-11-22(13-16)18(24)20-12-15-7-9-19-10-8-15/h7-10,14,16H,3-6,11-13H2,1-2H3,(H,20,24)(H,21,23). The van der Waals surface area contributed by atoms with Crippen LogP contribution < -0.4 is 10.6 Å². The van der Waals surface area contributed by atoms with E-state index in [1.165, 1.54) is 0 Å². The highest BCUT2D eigenvalue weighted by molar-refractivity contribution is 5.81. The fourth-order valence-corrected chi connectivity index (χ4v) is 3.03. The normalized spacial score (nSPS) is 18.8. The molecule has 6 heteroatoms. The predicted octanol–water partition coefficient (Wildman–Crippen LogP) is 2.31. The van der Waals surface area contributed by atoms with E-state index in [-0.39, 0.29) is 23.9 Å². The van der Waals surface area contributed by atoms with Crippen LogP contribution in [0.3, 0.4) is 0 Å². The van der Waals surface area contributed by atoms with Crippen molar-refractivity contribution < 1.29 is 9.59 Å². The van der Waals surface area contributed by atoms with Crippen molar-refractivity contribution in [2.45, 2.75) is 52.1 Å². The molecule has 1 aliphatic rings. The Labute approximate surface area is 144 Å². The maximum absolute atomic E-state index is 12.4. The first-order valence-electron chi connectivity index (χ1n) is 8.82. The molecule has 24 heavy (non-hydrogen) atoms. The first-order valence-corrected chi connectivity index (χ1v) is 8.82. The molecular weight excluding hydrogens is 304 g/mol. The molecule has 3 amide bonds. The summed E-state index contributed by atoms with van der Waals surface area (Å²) in [5, 5.41) is 5.98. The van der Waals surface area contributed by atoms with Crippen LogP contribution in [0.2, 0.25) is 0 Å². The number of amides is 3. The van der Waals surface area contributed by atoms with E-state index in [2.05, 4.69) is 22.5 Å². The van der Waals surface area contributed by atoms with Gasteiger partial charge in [-0.1, -0.05) is 13.3 Å². The lowest BCUT2D eigenvalue weighted by Gasteiger charge is -2.32. The van der Waals surface area contributed by atoms with E-state index in [0.717, 1.165) is 31.2 Å². The number of likely N-dealkylation sites (tertiary alicyclic amines) is 1. The predicted molar refractivity (Wildman–Crippen MR) is 93.3 cm³/mol. The van der Waals surface area contributed by atoms with Crippen molar-refractivity contribution in [2.75, 3.05) is 13.1 Å². The zero-order chi connectivity index (χ0) is 17.4. The fraction of sp³-hybridized carbons (Fsp3) is 0.611. The molecule has 2 atom stereocenters. The van der Waals surface area contributed by atoms with Crippen LogP contribution in [0.5, 0.6) is 0 Å². The van der Waals surface area contributed by atoms with Crippen molar-refractivity contribution in [1.82, 2.24) is 20.5 Å². The Morgan fingerprint density at radius 1 is 1.38 bits per heavy atom. The largest absolute Gasteiger partial charge is 0.353 e. The highest BCUT2D eigenvalue weighted by atomic mass is 16.2. The van der Waals surface area contributed by atoms with Gasteiger partial charge in [-0.2, -0.15) is 0 Å². The zero-order valence-corrected chi connectivity index (χ0v) is 14.6. The number of pyridine rings is 1. The summed E-state index contributed by atoms with van der Waals surface area (Å²) in [7, 11) is 0. The fourth-order valence-electron chi connectivity index (χ4n) is 3.03. The second-order valence-corrected chi connectivity index (χ2v) is 6.50. The highest BCUT2D eigenvalue weighted by Gasteiger charge is 2.28. The number of nitrogens with zero attached hydrogens (tertiary/aromatic N) is 2. The molecule has 2 N–H and O–H groups in total. The molecule has 2 rings (SSSR count). The number of rotatable bonds is 6. The SMILES string of the molecule is CCCC(C)NC(=O)C1CCCN(C(=O)NCc2ccncc2)C1. The zero-order valence-electron chi connectivity index (χ0n) is 14.6. The Balaban J connectivity index is 1.81. The van der Waals surface area contributed by atoms with E-state index in [4.69, 9.17) is 0 Å². The van der Waals surface area contributed by atoms with Crippen molar-refractivity contribution in [1.29, 1.82) is 0 Å². The van der Waals surface area contributed by atoms with Gasteiger partial charge in [-0.3, -0.25) is 9.78 Å². The average molecular weight is 332 g/mol. The summed E-state index contributed by atoms with van der Waals surface area (Å²) in [6.45, 7) is 5.81. The lowest BCUT2D eigenvalue weighted by atomic mass is 9.97. The minimum atomic E-state index is -0.107. The van der Waals surface area contributed by atoms with Crippen LogP contribution in [0.4, 0.5) is 4.79 Å². The van der Waals surface area contributed by atoms with Crippen LogP contribution >= 0.6 is 0 Å². The average Bonchev–Trinajstić information content (AvgIpc) is 2.61. The van der Waals surface area contributed by atoms with E-state index < -0.39 is 0 Å². The van der Waals surface area contributed by atoms with Gasteiger partial charge in [0, 0.05) is 38.1 Å². The third kappa shape index (κ3) is 5.51. The number of nitrogens with one attached hydrogen (secondary N) is 2. The quantitative estimate of drug-likeness (QED) is 0.839.